The maximum atomic E-state index is 12.8. The summed E-state index contributed by atoms with van der Waals surface area (Å²) in [5.74, 6) is -0.812. The summed E-state index contributed by atoms with van der Waals surface area (Å²) in [6.45, 7) is 1.67. The Bertz CT molecular complexity index is 1240. The Morgan fingerprint density at radius 2 is 1.67 bits per heavy atom. The summed E-state index contributed by atoms with van der Waals surface area (Å²) in [5, 5.41) is 10.4. The van der Waals surface area contributed by atoms with E-state index in [0.29, 0.717) is 12.2 Å². The number of hydrogen-bond acceptors (Lipinski definition) is 8. The molecule has 0 heterocycles. The molecule has 2 aromatic carbocycles. The molecule has 3 rings (SSSR count). The van der Waals surface area contributed by atoms with E-state index in [4.69, 9.17) is 19.3 Å². The Morgan fingerprint density at radius 3 is 2.22 bits per heavy atom. The van der Waals surface area contributed by atoms with Gasteiger partial charge in [0.05, 0.1) is 30.4 Å². The van der Waals surface area contributed by atoms with Gasteiger partial charge >= 0.3 is 5.97 Å². The minimum atomic E-state index is -3.77. The van der Waals surface area contributed by atoms with Gasteiger partial charge in [0.15, 0.2) is 18.1 Å². The number of nitrogens with one attached hydrogen (secondary N) is 2. The average molecular weight is 520 g/mol. The Labute approximate surface area is 209 Å². The van der Waals surface area contributed by atoms with E-state index < -0.39 is 28.5 Å². The average Bonchev–Trinajstić information content (AvgIpc) is 3.58. The van der Waals surface area contributed by atoms with Crippen LogP contribution in [0.5, 0.6) is 11.5 Å². The summed E-state index contributed by atoms with van der Waals surface area (Å²) in [6, 6.07) is 8.83. The summed E-state index contributed by atoms with van der Waals surface area (Å²) in [5.41, 5.74) is 1.01. The van der Waals surface area contributed by atoms with Crippen LogP contribution in [0.4, 0.5) is 5.69 Å². The lowest BCUT2D eigenvalue weighted by atomic mass is 10.1. The Kier molecular flexibility index (Phi) is 8.53. The summed E-state index contributed by atoms with van der Waals surface area (Å²) < 4.78 is 38.3. The first-order chi connectivity index (χ1) is 17.0. The molecule has 1 aliphatic carbocycles. The zero-order valence-corrected chi connectivity index (χ0v) is 21.0. The van der Waals surface area contributed by atoms with Crippen LogP contribution < -0.4 is 25.2 Å². The molecule has 194 valence electrons. The van der Waals surface area contributed by atoms with Gasteiger partial charge in [-0.15, -0.1) is 0 Å². The SMILES string of the molecule is COc1cc(NC(=O)[C@@H]2C[C@H]2C)c(C(=O)OCC(=O)NCCc2ccc(S(N)(=O)=O)cc2)cc1OC. The minimum Gasteiger partial charge on any atom is -0.493 e. The fraction of sp³-hybridized carbons (Fsp3) is 0.375. The van der Waals surface area contributed by atoms with Gasteiger partial charge in [-0.1, -0.05) is 19.1 Å². The third-order valence-electron chi connectivity index (χ3n) is 5.77. The lowest BCUT2D eigenvalue weighted by molar-refractivity contribution is -0.124. The fourth-order valence-corrected chi connectivity index (χ4v) is 4.03. The van der Waals surface area contributed by atoms with Crippen LogP contribution in [0.15, 0.2) is 41.3 Å². The Morgan fingerprint density at radius 1 is 1.06 bits per heavy atom. The molecule has 0 aliphatic heterocycles. The number of sulfonamides is 1. The van der Waals surface area contributed by atoms with Crippen molar-refractivity contribution in [3.05, 3.63) is 47.5 Å². The number of anilines is 1. The van der Waals surface area contributed by atoms with Crippen molar-refractivity contribution in [3.8, 4) is 11.5 Å². The molecule has 2 atom stereocenters. The highest BCUT2D eigenvalue weighted by atomic mass is 32.2. The van der Waals surface area contributed by atoms with E-state index in [9.17, 15) is 22.8 Å². The van der Waals surface area contributed by atoms with Crippen LogP contribution in [-0.2, 0) is 30.8 Å². The fourth-order valence-electron chi connectivity index (χ4n) is 3.52. The van der Waals surface area contributed by atoms with Crippen molar-refractivity contribution in [2.45, 2.75) is 24.7 Å². The second-order valence-electron chi connectivity index (χ2n) is 8.43. The van der Waals surface area contributed by atoms with Crippen molar-refractivity contribution in [3.63, 3.8) is 0 Å². The molecule has 0 aromatic heterocycles. The van der Waals surface area contributed by atoms with Crippen molar-refractivity contribution >= 4 is 33.5 Å². The Balaban J connectivity index is 1.57. The second-order valence-corrected chi connectivity index (χ2v) is 9.99. The van der Waals surface area contributed by atoms with E-state index in [-0.39, 0.29) is 46.2 Å². The molecule has 0 bridgehead atoms. The minimum absolute atomic E-state index is 0.000405. The molecule has 0 saturated heterocycles. The van der Waals surface area contributed by atoms with E-state index >= 15 is 0 Å². The van der Waals surface area contributed by atoms with Crippen LogP contribution in [0.1, 0.15) is 29.3 Å². The normalized spacial score (nSPS) is 16.6. The predicted octanol–water partition coefficient (Wildman–Crippen LogP) is 1.46. The highest BCUT2D eigenvalue weighted by Crippen LogP contribution is 2.40. The number of rotatable bonds is 11. The largest absolute Gasteiger partial charge is 0.493 e. The van der Waals surface area contributed by atoms with Crippen molar-refractivity contribution in [2.24, 2.45) is 17.0 Å². The van der Waals surface area contributed by atoms with Gasteiger partial charge in [0, 0.05) is 24.6 Å². The van der Waals surface area contributed by atoms with Gasteiger partial charge in [0.1, 0.15) is 0 Å². The highest BCUT2D eigenvalue weighted by Gasteiger charge is 2.39. The number of carbonyl (C=O) groups is 3. The maximum Gasteiger partial charge on any atom is 0.340 e. The molecule has 1 fully saturated rings. The summed E-state index contributed by atoms with van der Waals surface area (Å²) in [4.78, 5) is 37.4. The molecule has 1 aliphatic rings. The molecule has 0 unspecified atom stereocenters. The molecular weight excluding hydrogens is 490 g/mol. The number of amides is 2. The number of methoxy groups -OCH3 is 2. The molecule has 2 amide bonds. The summed E-state index contributed by atoms with van der Waals surface area (Å²) in [7, 11) is -0.927. The monoisotopic (exact) mass is 519 g/mol. The van der Waals surface area contributed by atoms with E-state index in [0.717, 1.165) is 12.0 Å². The molecule has 1 saturated carbocycles. The number of nitrogens with two attached hydrogens (primary N) is 1. The van der Waals surface area contributed by atoms with E-state index in [1.807, 2.05) is 6.92 Å². The third-order valence-corrected chi connectivity index (χ3v) is 6.70. The van der Waals surface area contributed by atoms with Crippen molar-refractivity contribution in [1.29, 1.82) is 0 Å². The first kappa shape index (κ1) is 27.0. The van der Waals surface area contributed by atoms with Gasteiger partial charge < -0.3 is 24.8 Å². The van der Waals surface area contributed by atoms with Crippen LogP contribution in [0.2, 0.25) is 0 Å². The standard InChI is InChI=1S/C24H29N3O8S/c1-14-10-17(14)23(29)27-19-12-21(34-3)20(33-2)11-18(19)24(30)35-13-22(28)26-9-8-15-4-6-16(7-5-15)36(25,31)32/h4-7,11-12,14,17H,8-10,13H2,1-3H3,(H,26,28)(H,27,29)(H2,25,31,32)/t14-,17-/m1/s1. The van der Waals surface area contributed by atoms with Crippen LogP contribution in [0.25, 0.3) is 0 Å². The number of ether oxygens (including phenoxy) is 3. The van der Waals surface area contributed by atoms with Gasteiger partial charge in [0.2, 0.25) is 15.9 Å². The maximum absolute atomic E-state index is 12.8. The van der Waals surface area contributed by atoms with E-state index in [1.54, 1.807) is 12.1 Å². The molecule has 0 spiro atoms. The second kappa shape index (κ2) is 11.4. The van der Waals surface area contributed by atoms with Crippen molar-refractivity contribution in [1.82, 2.24) is 5.32 Å². The summed E-state index contributed by atoms with van der Waals surface area (Å²) in [6.07, 6.45) is 1.20. The number of hydrogen-bond donors (Lipinski definition) is 3. The predicted molar refractivity (Wildman–Crippen MR) is 130 cm³/mol. The van der Waals surface area contributed by atoms with Crippen LogP contribution in [0.3, 0.4) is 0 Å². The number of benzene rings is 2. The first-order valence-electron chi connectivity index (χ1n) is 11.2. The van der Waals surface area contributed by atoms with Gasteiger partial charge in [-0.3, -0.25) is 9.59 Å². The summed E-state index contributed by atoms with van der Waals surface area (Å²) >= 11 is 0. The molecule has 0 radical (unpaired) electrons. The molecule has 2 aromatic rings. The van der Waals surface area contributed by atoms with E-state index in [1.165, 1.54) is 38.5 Å². The van der Waals surface area contributed by atoms with Crippen molar-refractivity contribution < 1.29 is 37.0 Å². The quantitative estimate of drug-likeness (QED) is 0.376. The van der Waals surface area contributed by atoms with E-state index in [2.05, 4.69) is 10.6 Å². The molecule has 4 N–H and O–H groups in total. The number of esters is 1. The van der Waals surface area contributed by atoms with Gasteiger partial charge in [-0.05, 0) is 36.5 Å². The van der Waals surface area contributed by atoms with Crippen LogP contribution in [-0.4, -0.2) is 53.6 Å². The lowest BCUT2D eigenvalue weighted by Crippen LogP contribution is -2.30. The van der Waals surface area contributed by atoms with Gasteiger partial charge in [-0.25, -0.2) is 18.4 Å². The topological polar surface area (TPSA) is 163 Å². The van der Waals surface area contributed by atoms with Gasteiger partial charge in [0.25, 0.3) is 5.91 Å². The highest BCUT2D eigenvalue weighted by molar-refractivity contribution is 7.89. The van der Waals surface area contributed by atoms with Crippen LogP contribution >= 0.6 is 0 Å². The first-order valence-corrected chi connectivity index (χ1v) is 12.7. The van der Waals surface area contributed by atoms with Gasteiger partial charge in [-0.2, -0.15) is 0 Å². The van der Waals surface area contributed by atoms with Crippen LogP contribution in [0, 0.1) is 11.8 Å². The molecule has 12 heteroatoms. The molecule has 36 heavy (non-hydrogen) atoms. The third kappa shape index (κ3) is 6.95. The number of carbonyl (C=O) groups excluding carboxylic acids is 3. The number of primary sulfonamides is 1. The zero-order valence-electron chi connectivity index (χ0n) is 20.2. The lowest BCUT2D eigenvalue weighted by Gasteiger charge is -2.15. The molecular formula is C24H29N3O8S. The Hall–Kier alpha value is -3.64. The smallest absolute Gasteiger partial charge is 0.340 e. The molecule has 11 nitrogen and oxygen atoms in total. The van der Waals surface area contributed by atoms with Crippen molar-refractivity contribution in [2.75, 3.05) is 32.7 Å². The zero-order chi connectivity index (χ0) is 26.5.